The highest BCUT2D eigenvalue weighted by atomic mass is 16.5. The third-order valence-electron chi connectivity index (χ3n) is 6.67. The molecular formula is C29H35N3O7. The molecule has 1 aliphatic heterocycles. The van der Waals surface area contributed by atoms with Crippen molar-refractivity contribution in [1.29, 1.82) is 0 Å². The molecule has 0 saturated heterocycles. The van der Waals surface area contributed by atoms with Crippen LogP contribution in [-0.4, -0.2) is 59.7 Å². The van der Waals surface area contributed by atoms with E-state index in [0.29, 0.717) is 40.6 Å². The van der Waals surface area contributed by atoms with Gasteiger partial charge in [-0.2, -0.15) is 0 Å². The third kappa shape index (κ3) is 6.31. The van der Waals surface area contributed by atoms with Crippen LogP contribution in [0.2, 0.25) is 0 Å². The van der Waals surface area contributed by atoms with Crippen LogP contribution in [0.5, 0.6) is 17.2 Å². The third-order valence-corrected chi connectivity index (χ3v) is 6.67. The number of methoxy groups -OCH3 is 1. The monoisotopic (exact) mass is 537 g/mol. The molecule has 2 atom stereocenters. The molecule has 0 saturated carbocycles. The first-order valence-electron chi connectivity index (χ1n) is 12.7. The Morgan fingerprint density at radius 2 is 1.87 bits per heavy atom. The number of ether oxygens (including phenoxy) is 3. The summed E-state index contributed by atoms with van der Waals surface area (Å²) in [6.45, 7) is 3.52. The second-order valence-corrected chi connectivity index (χ2v) is 10.1. The fraction of sp³-hybridized carbons (Fsp3) is 0.379. The molecule has 3 aromatic rings. The molecule has 6 N–H and O–H groups in total. The van der Waals surface area contributed by atoms with Gasteiger partial charge in [0.05, 0.1) is 43.8 Å². The van der Waals surface area contributed by atoms with Gasteiger partial charge in [0.2, 0.25) is 0 Å². The molecule has 10 nitrogen and oxygen atoms in total. The Morgan fingerprint density at radius 3 is 2.54 bits per heavy atom. The summed E-state index contributed by atoms with van der Waals surface area (Å²) < 4.78 is 16.6. The van der Waals surface area contributed by atoms with Crippen molar-refractivity contribution in [2.75, 3.05) is 33.5 Å². The van der Waals surface area contributed by atoms with E-state index in [4.69, 9.17) is 30.0 Å². The van der Waals surface area contributed by atoms with Crippen molar-refractivity contribution >= 4 is 5.91 Å². The standard InChI is InChI=1S/C29H35N3O7/c1-28(30)17-39-26-21(28)14-25(32-22(26)12-18-4-6-19(15-34)7-5-18)29(2,36)16-31-27(35)20-8-9-23(38-11-10-33)24(13-20)37-3/h4-9,13-14,33-34,36H,10-12,15-17,30H2,1-3H3,(H,31,35). The number of carbonyl (C=O) groups excluding carboxylic acids is 1. The van der Waals surface area contributed by atoms with E-state index >= 15 is 0 Å². The maximum atomic E-state index is 12.9. The van der Waals surface area contributed by atoms with Crippen LogP contribution >= 0.6 is 0 Å². The van der Waals surface area contributed by atoms with Crippen LogP contribution in [0.15, 0.2) is 48.5 Å². The number of fused-ring (bicyclic) bond motifs is 1. The van der Waals surface area contributed by atoms with Crippen molar-refractivity contribution in [3.05, 3.63) is 82.2 Å². The number of carbonyl (C=O) groups is 1. The zero-order valence-electron chi connectivity index (χ0n) is 22.4. The summed E-state index contributed by atoms with van der Waals surface area (Å²) in [5, 5.41) is 32.5. The van der Waals surface area contributed by atoms with Crippen LogP contribution in [0.25, 0.3) is 0 Å². The number of aromatic nitrogens is 1. The highest BCUT2D eigenvalue weighted by Crippen LogP contribution is 2.40. The van der Waals surface area contributed by atoms with Crippen LogP contribution in [0, 0.1) is 0 Å². The van der Waals surface area contributed by atoms with Crippen LogP contribution in [0.4, 0.5) is 0 Å². The number of amides is 1. The highest BCUT2D eigenvalue weighted by Gasteiger charge is 2.38. The predicted octanol–water partition coefficient (Wildman–Crippen LogP) is 1.75. The number of hydrogen-bond donors (Lipinski definition) is 5. The lowest BCUT2D eigenvalue weighted by molar-refractivity contribution is 0.0486. The molecule has 4 rings (SSSR count). The second-order valence-electron chi connectivity index (χ2n) is 10.1. The van der Waals surface area contributed by atoms with Gasteiger partial charge in [-0.1, -0.05) is 24.3 Å². The molecule has 0 radical (unpaired) electrons. The number of rotatable bonds is 11. The highest BCUT2D eigenvalue weighted by molar-refractivity contribution is 5.95. The molecule has 1 amide bonds. The number of benzene rings is 2. The molecule has 10 heteroatoms. The Bertz CT molecular complexity index is 1320. The van der Waals surface area contributed by atoms with Crippen LogP contribution in [0.1, 0.15) is 52.3 Å². The summed E-state index contributed by atoms with van der Waals surface area (Å²) in [7, 11) is 1.46. The van der Waals surface area contributed by atoms with Crippen molar-refractivity contribution in [1.82, 2.24) is 10.3 Å². The van der Waals surface area contributed by atoms with E-state index in [9.17, 15) is 15.0 Å². The maximum absolute atomic E-state index is 12.9. The minimum absolute atomic E-state index is 0.0406. The fourth-order valence-electron chi connectivity index (χ4n) is 4.35. The Morgan fingerprint density at radius 1 is 1.15 bits per heavy atom. The fourth-order valence-corrected chi connectivity index (χ4v) is 4.35. The van der Waals surface area contributed by atoms with Gasteiger partial charge < -0.3 is 40.6 Å². The smallest absolute Gasteiger partial charge is 0.251 e. The average molecular weight is 538 g/mol. The number of nitrogens with one attached hydrogen (secondary N) is 1. The molecule has 2 aromatic carbocycles. The molecular weight excluding hydrogens is 502 g/mol. The largest absolute Gasteiger partial charge is 0.493 e. The Balaban J connectivity index is 1.56. The van der Waals surface area contributed by atoms with Gasteiger partial charge in [0.1, 0.15) is 24.6 Å². The molecule has 208 valence electrons. The van der Waals surface area contributed by atoms with Crippen molar-refractivity contribution in [2.24, 2.45) is 5.73 Å². The van der Waals surface area contributed by atoms with Gasteiger partial charge in [-0.25, -0.2) is 0 Å². The summed E-state index contributed by atoms with van der Waals surface area (Å²) in [4.78, 5) is 17.7. The van der Waals surface area contributed by atoms with E-state index in [1.807, 2.05) is 31.2 Å². The molecule has 2 unspecified atom stereocenters. The summed E-state index contributed by atoms with van der Waals surface area (Å²) in [5.74, 6) is 0.940. The minimum Gasteiger partial charge on any atom is -0.493 e. The van der Waals surface area contributed by atoms with Crippen LogP contribution < -0.4 is 25.3 Å². The lowest BCUT2D eigenvalue weighted by Crippen LogP contribution is -2.40. The zero-order valence-corrected chi connectivity index (χ0v) is 22.4. The molecule has 0 fully saturated rings. The predicted molar refractivity (Wildman–Crippen MR) is 144 cm³/mol. The molecule has 0 bridgehead atoms. The van der Waals surface area contributed by atoms with E-state index in [1.165, 1.54) is 13.2 Å². The minimum atomic E-state index is -1.52. The van der Waals surface area contributed by atoms with Gasteiger partial charge >= 0.3 is 0 Å². The lowest BCUT2D eigenvalue weighted by atomic mass is 9.90. The molecule has 0 aliphatic carbocycles. The Labute approximate surface area is 227 Å². The number of hydrogen-bond acceptors (Lipinski definition) is 9. The van der Waals surface area contributed by atoms with Crippen LogP contribution in [-0.2, 0) is 24.2 Å². The normalized spacial score (nSPS) is 17.6. The SMILES string of the molecule is COc1cc(C(=O)NCC(C)(O)c2cc3c(c(Cc4ccc(CO)cc4)n2)OCC3(C)N)ccc1OCCO. The lowest BCUT2D eigenvalue weighted by Gasteiger charge is -2.26. The summed E-state index contributed by atoms with van der Waals surface area (Å²) in [6.07, 6.45) is 0.435. The number of pyridine rings is 1. The zero-order chi connectivity index (χ0) is 28.2. The van der Waals surface area contributed by atoms with E-state index in [-0.39, 0.29) is 33.0 Å². The van der Waals surface area contributed by atoms with E-state index in [1.54, 1.807) is 25.1 Å². The maximum Gasteiger partial charge on any atom is 0.251 e. The summed E-state index contributed by atoms with van der Waals surface area (Å²) in [5.41, 5.74) is 8.02. The van der Waals surface area contributed by atoms with Gasteiger partial charge in [-0.15, -0.1) is 0 Å². The topological polar surface area (TPSA) is 156 Å². The van der Waals surface area contributed by atoms with Gasteiger partial charge in [0, 0.05) is 17.5 Å². The van der Waals surface area contributed by atoms with Gasteiger partial charge in [0.15, 0.2) is 11.5 Å². The number of nitrogens with two attached hydrogens (primary N) is 1. The molecule has 2 heterocycles. The summed E-state index contributed by atoms with van der Waals surface area (Å²) in [6, 6.07) is 13.9. The van der Waals surface area contributed by atoms with Gasteiger partial charge in [-0.05, 0) is 49.2 Å². The van der Waals surface area contributed by atoms with E-state index < -0.39 is 17.0 Å². The summed E-state index contributed by atoms with van der Waals surface area (Å²) >= 11 is 0. The number of aliphatic hydroxyl groups is 3. The van der Waals surface area contributed by atoms with Crippen molar-refractivity contribution in [2.45, 2.75) is 38.0 Å². The number of aliphatic hydroxyl groups excluding tert-OH is 2. The quantitative estimate of drug-likeness (QED) is 0.246. The van der Waals surface area contributed by atoms with Crippen molar-refractivity contribution in [3.63, 3.8) is 0 Å². The van der Waals surface area contributed by atoms with Gasteiger partial charge in [0.25, 0.3) is 5.91 Å². The van der Waals surface area contributed by atoms with Crippen LogP contribution in [0.3, 0.4) is 0 Å². The van der Waals surface area contributed by atoms with E-state index in [2.05, 4.69) is 5.32 Å². The van der Waals surface area contributed by atoms with Crippen molar-refractivity contribution < 1.29 is 34.3 Å². The molecule has 39 heavy (non-hydrogen) atoms. The van der Waals surface area contributed by atoms with Gasteiger partial charge in [-0.3, -0.25) is 9.78 Å². The first-order chi connectivity index (χ1) is 18.6. The molecule has 0 spiro atoms. The Hall–Kier alpha value is -3.70. The van der Waals surface area contributed by atoms with Crippen molar-refractivity contribution in [3.8, 4) is 17.2 Å². The molecule has 1 aliphatic rings. The molecule has 1 aromatic heterocycles. The first-order valence-corrected chi connectivity index (χ1v) is 12.7. The Kier molecular flexibility index (Phi) is 8.41. The second kappa shape index (κ2) is 11.6. The number of nitrogens with zero attached hydrogens (tertiary/aromatic N) is 1. The van der Waals surface area contributed by atoms with E-state index in [0.717, 1.165) is 16.7 Å². The first kappa shape index (κ1) is 28.3. The average Bonchev–Trinajstić information content (AvgIpc) is 3.25.